The van der Waals surface area contributed by atoms with Gasteiger partial charge in [0.15, 0.2) is 17.3 Å². The van der Waals surface area contributed by atoms with Crippen LogP contribution in [0.1, 0.15) is 42.7 Å². The Balaban J connectivity index is 1.65. The first-order valence-corrected chi connectivity index (χ1v) is 10.2. The van der Waals surface area contributed by atoms with Crippen molar-refractivity contribution >= 4 is 29.0 Å². The SMILES string of the molecule is Cc1c(Cl)cccc1N1C(=O)CC(c2ccc3c(c2)OCO3)C2=C1CCCC2=O. The second-order valence-electron chi connectivity index (χ2n) is 7.62. The summed E-state index contributed by atoms with van der Waals surface area (Å²) in [5, 5.41) is 0.609. The maximum absolute atomic E-state index is 13.3. The Morgan fingerprint density at radius 3 is 2.76 bits per heavy atom. The molecule has 1 atom stereocenters. The fraction of sp³-hybridized carbons (Fsp3) is 0.304. The Morgan fingerprint density at radius 1 is 1.07 bits per heavy atom. The van der Waals surface area contributed by atoms with Crippen LogP contribution in [0.15, 0.2) is 47.7 Å². The predicted molar refractivity (Wildman–Crippen MR) is 109 cm³/mol. The second kappa shape index (κ2) is 6.92. The predicted octanol–water partition coefficient (Wildman–Crippen LogP) is 4.90. The van der Waals surface area contributed by atoms with Crippen molar-refractivity contribution < 1.29 is 19.1 Å². The van der Waals surface area contributed by atoms with E-state index >= 15 is 0 Å². The van der Waals surface area contributed by atoms with Crippen molar-refractivity contribution in [1.29, 1.82) is 0 Å². The number of nitrogens with zero attached hydrogens (tertiary/aromatic N) is 1. The monoisotopic (exact) mass is 409 g/mol. The van der Waals surface area contributed by atoms with Gasteiger partial charge in [-0.25, -0.2) is 0 Å². The zero-order chi connectivity index (χ0) is 20.1. The van der Waals surface area contributed by atoms with E-state index in [-0.39, 0.29) is 30.8 Å². The third-order valence-electron chi connectivity index (χ3n) is 5.95. The summed E-state index contributed by atoms with van der Waals surface area (Å²) in [7, 11) is 0. The van der Waals surface area contributed by atoms with Crippen LogP contribution in [0.25, 0.3) is 0 Å². The standard InChI is InChI=1S/C23H20ClNO4/c1-13-16(24)4-2-5-17(13)25-18-6-3-7-19(26)23(18)15(11-22(25)27)14-8-9-20-21(10-14)29-12-28-20/h2,4-5,8-10,15H,3,6-7,11-12H2,1H3. The molecule has 1 aliphatic carbocycles. The van der Waals surface area contributed by atoms with Crippen molar-refractivity contribution in [3.63, 3.8) is 0 Å². The summed E-state index contributed by atoms with van der Waals surface area (Å²) >= 11 is 6.32. The number of halogens is 1. The lowest BCUT2D eigenvalue weighted by molar-refractivity contribution is -0.119. The molecule has 5 rings (SSSR count). The van der Waals surface area contributed by atoms with Crippen molar-refractivity contribution in [2.75, 3.05) is 11.7 Å². The third kappa shape index (κ3) is 2.92. The topological polar surface area (TPSA) is 55.8 Å². The van der Waals surface area contributed by atoms with E-state index in [1.54, 1.807) is 4.90 Å². The molecule has 0 aromatic heterocycles. The van der Waals surface area contributed by atoms with Crippen LogP contribution in [0, 0.1) is 6.92 Å². The number of carbonyl (C=O) groups is 2. The van der Waals surface area contributed by atoms with Gasteiger partial charge in [0.2, 0.25) is 12.7 Å². The van der Waals surface area contributed by atoms with Gasteiger partial charge in [-0.2, -0.15) is 0 Å². The van der Waals surface area contributed by atoms with E-state index in [9.17, 15) is 9.59 Å². The van der Waals surface area contributed by atoms with E-state index in [1.807, 2.05) is 43.3 Å². The second-order valence-corrected chi connectivity index (χ2v) is 8.03. The van der Waals surface area contributed by atoms with Gasteiger partial charge in [0, 0.05) is 35.1 Å². The minimum Gasteiger partial charge on any atom is -0.454 e. The zero-order valence-electron chi connectivity index (χ0n) is 16.0. The number of anilines is 1. The molecule has 2 aromatic rings. The van der Waals surface area contributed by atoms with Gasteiger partial charge >= 0.3 is 0 Å². The fourth-order valence-corrected chi connectivity index (χ4v) is 4.69. The number of benzene rings is 2. The highest BCUT2D eigenvalue weighted by Crippen LogP contribution is 2.46. The van der Waals surface area contributed by atoms with Crippen LogP contribution in [0.2, 0.25) is 5.02 Å². The molecule has 29 heavy (non-hydrogen) atoms. The van der Waals surface area contributed by atoms with E-state index in [2.05, 4.69) is 0 Å². The van der Waals surface area contributed by atoms with Crippen LogP contribution in [0.5, 0.6) is 11.5 Å². The first-order valence-electron chi connectivity index (χ1n) is 9.78. The lowest BCUT2D eigenvalue weighted by Crippen LogP contribution is -2.40. The Hall–Kier alpha value is -2.79. The minimum absolute atomic E-state index is 0.0218. The van der Waals surface area contributed by atoms with Gasteiger partial charge in [0.05, 0.1) is 5.69 Å². The number of rotatable bonds is 2. The number of amides is 1. The number of allylic oxidation sites excluding steroid dienone is 2. The minimum atomic E-state index is -0.268. The van der Waals surface area contributed by atoms with Crippen LogP contribution >= 0.6 is 11.6 Å². The van der Waals surface area contributed by atoms with Gasteiger partial charge < -0.3 is 9.47 Å². The summed E-state index contributed by atoms with van der Waals surface area (Å²) in [5.41, 5.74) is 4.06. The van der Waals surface area contributed by atoms with Gasteiger partial charge in [-0.3, -0.25) is 14.5 Å². The highest BCUT2D eigenvalue weighted by Gasteiger charge is 2.40. The fourth-order valence-electron chi connectivity index (χ4n) is 4.53. The summed E-state index contributed by atoms with van der Waals surface area (Å²) in [6.07, 6.45) is 2.18. The quantitative estimate of drug-likeness (QED) is 0.707. The molecule has 1 unspecified atom stereocenters. The largest absolute Gasteiger partial charge is 0.454 e. The van der Waals surface area contributed by atoms with Crippen molar-refractivity contribution in [3.05, 3.63) is 63.8 Å². The number of fused-ring (bicyclic) bond motifs is 1. The molecule has 3 aliphatic rings. The Morgan fingerprint density at radius 2 is 1.90 bits per heavy atom. The number of ketones is 1. The summed E-state index contributed by atoms with van der Waals surface area (Å²) in [6.45, 7) is 2.09. The highest BCUT2D eigenvalue weighted by molar-refractivity contribution is 6.31. The van der Waals surface area contributed by atoms with Crippen molar-refractivity contribution in [3.8, 4) is 11.5 Å². The number of Topliss-reactive ketones (excluding diaryl/α,β-unsaturated/α-hetero) is 1. The summed E-state index contributed by atoms with van der Waals surface area (Å²) in [4.78, 5) is 28.0. The smallest absolute Gasteiger partial charge is 0.232 e. The van der Waals surface area contributed by atoms with Crippen LogP contribution < -0.4 is 14.4 Å². The van der Waals surface area contributed by atoms with E-state index in [4.69, 9.17) is 21.1 Å². The van der Waals surface area contributed by atoms with Gasteiger partial charge in [-0.1, -0.05) is 23.7 Å². The van der Waals surface area contributed by atoms with Crippen molar-refractivity contribution in [2.45, 2.75) is 38.5 Å². The first-order chi connectivity index (χ1) is 14.0. The number of carbonyl (C=O) groups excluding carboxylic acids is 2. The third-order valence-corrected chi connectivity index (χ3v) is 6.36. The van der Waals surface area contributed by atoms with Gasteiger partial charge in [-0.15, -0.1) is 0 Å². The van der Waals surface area contributed by atoms with Crippen LogP contribution in [-0.4, -0.2) is 18.5 Å². The molecule has 0 spiro atoms. The molecular weight excluding hydrogens is 390 g/mol. The Labute approximate surface area is 173 Å². The molecule has 0 fully saturated rings. The Bertz CT molecular complexity index is 1070. The van der Waals surface area contributed by atoms with Crippen LogP contribution in [-0.2, 0) is 9.59 Å². The molecule has 5 nitrogen and oxygen atoms in total. The molecule has 0 N–H and O–H groups in total. The molecule has 6 heteroatoms. The maximum Gasteiger partial charge on any atom is 0.232 e. The number of hydrogen-bond acceptors (Lipinski definition) is 4. The van der Waals surface area contributed by atoms with E-state index in [1.165, 1.54) is 0 Å². The average molecular weight is 410 g/mol. The molecule has 148 valence electrons. The van der Waals surface area contributed by atoms with Crippen molar-refractivity contribution in [2.24, 2.45) is 0 Å². The van der Waals surface area contributed by atoms with Crippen LogP contribution in [0.4, 0.5) is 5.69 Å². The molecular formula is C23H20ClNO4. The lowest BCUT2D eigenvalue weighted by Gasteiger charge is -2.39. The summed E-state index contributed by atoms with van der Waals surface area (Å²) < 4.78 is 10.9. The van der Waals surface area contributed by atoms with Gasteiger partial charge in [-0.05, 0) is 55.2 Å². The maximum atomic E-state index is 13.3. The first kappa shape index (κ1) is 18.3. The lowest BCUT2D eigenvalue weighted by atomic mass is 9.77. The molecule has 0 bridgehead atoms. The molecule has 0 saturated carbocycles. The Kier molecular flexibility index (Phi) is 4.36. The van der Waals surface area contributed by atoms with Gasteiger partial charge in [0.1, 0.15) is 0 Å². The van der Waals surface area contributed by atoms with Gasteiger partial charge in [0.25, 0.3) is 0 Å². The normalized spacial score (nSPS) is 20.9. The average Bonchev–Trinajstić information content (AvgIpc) is 3.18. The molecule has 0 saturated heterocycles. The number of ether oxygens (including phenoxy) is 2. The molecule has 2 aliphatic heterocycles. The van der Waals surface area contributed by atoms with Crippen molar-refractivity contribution in [1.82, 2.24) is 0 Å². The van der Waals surface area contributed by atoms with Crippen LogP contribution in [0.3, 0.4) is 0 Å². The molecule has 1 amide bonds. The molecule has 2 aromatic carbocycles. The number of hydrogen-bond donors (Lipinski definition) is 0. The summed E-state index contributed by atoms with van der Waals surface area (Å²) in [6, 6.07) is 11.2. The summed E-state index contributed by atoms with van der Waals surface area (Å²) in [5.74, 6) is 1.18. The highest BCUT2D eigenvalue weighted by atomic mass is 35.5. The molecule has 0 radical (unpaired) electrons. The van der Waals surface area contributed by atoms with E-state index in [0.29, 0.717) is 29.4 Å². The molecule has 2 heterocycles. The van der Waals surface area contributed by atoms with E-state index < -0.39 is 0 Å². The zero-order valence-corrected chi connectivity index (χ0v) is 16.8. The van der Waals surface area contributed by atoms with E-state index in [0.717, 1.165) is 34.5 Å².